The van der Waals surface area contributed by atoms with Gasteiger partial charge in [-0.05, 0) is 48.9 Å². The first-order valence-corrected chi connectivity index (χ1v) is 10.9. The second kappa shape index (κ2) is 9.05. The molecule has 2 fully saturated rings. The molecule has 2 aliphatic rings. The minimum absolute atomic E-state index is 0.137. The van der Waals surface area contributed by atoms with Crippen molar-refractivity contribution in [3.8, 4) is 0 Å². The molecule has 29 heavy (non-hydrogen) atoms. The lowest BCUT2D eigenvalue weighted by Crippen LogP contribution is -2.51. The van der Waals surface area contributed by atoms with Crippen LogP contribution in [0.4, 0.5) is 0 Å². The predicted octanol–water partition coefficient (Wildman–Crippen LogP) is 5.55. The van der Waals surface area contributed by atoms with Crippen LogP contribution in [0, 0.1) is 0 Å². The van der Waals surface area contributed by atoms with Gasteiger partial charge in [-0.15, -0.1) is 0 Å². The minimum atomic E-state index is -0.668. The Morgan fingerprint density at radius 1 is 1.10 bits per heavy atom. The number of benzene rings is 2. The first-order chi connectivity index (χ1) is 14.1. The topological polar surface area (TPSA) is 38.8 Å². The summed E-state index contributed by atoms with van der Waals surface area (Å²) in [5, 5.41) is 0.996. The van der Waals surface area contributed by atoms with Crippen LogP contribution in [-0.4, -0.2) is 30.2 Å². The van der Waals surface area contributed by atoms with Crippen LogP contribution in [0.3, 0.4) is 0 Å². The van der Waals surface area contributed by atoms with Gasteiger partial charge in [0.15, 0.2) is 6.29 Å². The maximum Gasteiger partial charge on any atom is 0.223 e. The van der Waals surface area contributed by atoms with E-state index in [1.165, 1.54) is 0 Å². The van der Waals surface area contributed by atoms with Gasteiger partial charge in [-0.2, -0.15) is 0 Å². The second-order valence-electron chi connectivity index (χ2n) is 7.77. The molecule has 0 bridgehead atoms. The highest BCUT2D eigenvalue weighted by Gasteiger charge is 2.43. The van der Waals surface area contributed by atoms with Crippen molar-refractivity contribution in [3.63, 3.8) is 0 Å². The quantitative estimate of drug-likeness (QED) is 0.619. The zero-order valence-electron chi connectivity index (χ0n) is 16.3. The summed E-state index contributed by atoms with van der Waals surface area (Å²) in [5.41, 5.74) is 1.37. The maximum atomic E-state index is 12.7. The van der Waals surface area contributed by atoms with Crippen molar-refractivity contribution in [2.75, 3.05) is 13.2 Å². The van der Waals surface area contributed by atoms with E-state index in [4.69, 9.17) is 32.7 Å². The maximum absolute atomic E-state index is 12.7. The average molecular weight is 434 g/mol. The van der Waals surface area contributed by atoms with Crippen molar-refractivity contribution in [2.24, 2.45) is 0 Å². The van der Waals surface area contributed by atoms with Crippen molar-refractivity contribution in [1.82, 2.24) is 4.90 Å². The highest BCUT2D eigenvalue weighted by Crippen LogP contribution is 2.40. The van der Waals surface area contributed by atoms with Crippen LogP contribution in [0.2, 0.25) is 10.0 Å². The number of halogens is 2. The largest absolute Gasteiger partial charge is 0.353 e. The molecule has 4 nitrogen and oxygen atoms in total. The van der Waals surface area contributed by atoms with Gasteiger partial charge in [-0.25, -0.2) is 0 Å². The van der Waals surface area contributed by atoms with Crippen LogP contribution >= 0.6 is 23.2 Å². The van der Waals surface area contributed by atoms with E-state index in [1.54, 1.807) is 6.07 Å². The number of nitrogens with zero attached hydrogens (tertiary/aromatic N) is 1. The van der Waals surface area contributed by atoms with Crippen LogP contribution in [0.25, 0.3) is 0 Å². The van der Waals surface area contributed by atoms with Crippen LogP contribution < -0.4 is 0 Å². The summed E-state index contributed by atoms with van der Waals surface area (Å²) in [6.45, 7) is 1.71. The molecule has 0 aliphatic carbocycles. The van der Waals surface area contributed by atoms with E-state index in [0.717, 1.165) is 30.4 Å². The van der Waals surface area contributed by atoms with Gasteiger partial charge in [-0.1, -0.05) is 59.6 Å². The van der Waals surface area contributed by atoms with E-state index in [0.29, 0.717) is 42.6 Å². The summed E-state index contributed by atoms with van der Waals surface area (Å²) in [6, 6.07) is 15.6. The fraction of sp³-hybridized carbons (Fsp3) is 0.435. The van der Waals surface area contributed by atoms with E-state index in [-0.39, 0.29) is 12.2 Å². The number of hydrogen-bond donors (Lipinski definition) is 0. The Morgan fingerprint density at radius 3 is 2.66 bits per heavy atom. The molecular formula is C23H25Cl2NO3. The molecule has 6 heteroatoms. The van der Waals surface area contributed by atoms with Gasteiger partial charge < -0.3 is 14.4 Å². The van der Waals surface area contributed by atoms with E-state index >= 15 is 0 Å². The Kier molecular flexibility index (Phi) is 6.45. The Morgan fingerprint density at radius 2 is 1.93 bits per heavy atom. The Labute approximate surface area is 181 Å². The first kappa shape index (κ1) is 20.7. The van der Waals surface area contributed by atoms with E-state index in [1.807, 2.05) is 47.4 Å². The molecule has 0 N–H and O–H groups in total. The molecule has 0 aromatic heterocycles. The smallest absolute Gasteiger partial charge is 0.223 e. The highest BCUT2D eigenvalue weighted by molar-refractivity contribution is 6.42. The fourth-order valence-electron chi connectivity index (χ4n) is 4.13. The van der Waals surface area contributed by atoms with E-state index < -0.39 is 5.60 Å². The second-order valence-corrected chi connectivity index (χ2v) is 8.59. The van der Waals surface area contributed by atoms with Crippen molar-refractivity contribution in [2.45, 2.75) is 50.5 Å². The Balaban J connectivity index is 1.64. The SMILES string of the molecule is O=C1CCC(OC2CCCCO2)(c2ccc(Cl)c(Cl)c2)CN1Cc1ccccc1. The summed E-state index contributed by atoms with van der Waals surface area (Å²) in [6.07, 6.45) is 3.72. The van der Waals surface area contributed by atoms with Crippen molar-refractivity contribution in [3.05, 3.63) is 69.7 Å². The molecular weight excluding hydrogens is 409 g/mol. The number of ether oxygens (including phenoxy) is 2. The highest BCUT2D eigenvalue weighted by atomic mass is 35.5. The summed E-state index contributed by atoms with van der Waals surface area (Å²) < 4.78 is 12.5. The molecule has 2 saturated heterocycles. The molecule has 0 spiro atoms. The first-order valence-electron chi connectivity index (χ1n) is 10.1. The van der Waals surface area contributed by atoms with Crippen LogP contribution in [0.1, 0.15) is 43.2 Å². The molecule has 2 unspecified atom stereocenters. The van der Waals surface area contributed by atoms with Gasteiger partial charge in [0.2, 0.25) is 5.91 Å². The van der Waals surface area contributed by atoms with Crippen molar-refractivity contribution >= 4 is 29.1 Å². The predicted molar refractivity (Wildman–Crippen MR) is 114 cm³/mol. The molecule has 1 amide bonds. The lowest BCUT2D eigenvalue weighted by Gasteiger charge is -2.45. The van der Waals surface area contributed by atoms with Gasteiger partial charge >= 0.3 is 0 Å². The molecule has 2 aromatic carbocycles. The number of rotatable bonds is 5. The molecule has 0 saturated carbocycles. The average Bonchev–Trinajstić information content (AvgIpc) is 2.74. The zero-order chi connectivity index (χ0) is 20.3. The van der Waals surface area contributed by atoms with E-state index in [9.17, 15) is 4.79 Å². The number of piperidine rings is 1. The molecule has 0 radical (unpaired) electrons. The molecule has 2 atom stereocenters. The van der Waals surface area contributed by atoms with Crippen molar-refractivity contribution in [1.29, 1.82) is 0 Å². The third kappa shape index (κ3) is 4.77. The number of carbonyl (C=O) groups excluding carboxylic acids is 1. The summed E-state index contributed by atoms with van der Waals surface area (Å²) >= 11 is 12.5. The lowest BCUT2D eigenvalue weighted by molar-refractivity contribution is -0.242. The number of carbonyl (C=O) groups is 1. The van der Waals surface area contributed by atoms with Gasteiger partial charge in [0.25, 0.3) is 0 Å². The minimum Gasteiger partial charge on any atom is -0.353 e. The van der Waals surface area contributed by atoms with Gasteiger partial charge in [0.1, 0.15) is 5.60 Å². The Bertz CT molecular complexity index is 854. The molecule has 2 aliphatic heterocycles. The summed E-state index contributed by atoms with van der Waals surface area (Å²) in [7, 11) is 0. The monoisotopic (exact) mass is 433 g/mol. The van der Waals surface area contributed by atoms with Gasteiger partial charge in [0, 0.05) is 19.6 Å². The van der Waals surface area contributed by atoms with Crippen molar-refractivity contribution < 1.29 is 14.3 Å². The summed E-state index contributed by atoms with van der Waals surface area (Å²) in [4.78, 5) is 14.6. The van der Waals surface area contributed by atoms with Crippen LogP contribution in [-0.2, 0) is 26.4 Å². The standard InChI is InChI=1S/C23H25Cl2NO3/c24-19-10-9-18(14-20(19)25)23(29-22-8-4-5-13-28-22)12-11-21(27)26(16-23)15-17-6-2-1-3-7-17/h1-3,6-7,9-10,14,22H,4-5,8,11-13,15-16H2. The number of amides is 1. The third-order valence-electron chi connectivity index (χ3n) is 5.70. The number of likely N-dealkylation sites (tertiary alicyclic amines) is 1. The zero-order valence-corrected chi connectivity index (χ0v) is 17.8. The number of hydrogen-bond acceptors (Lipinski definition) is 3. The van der Waals surface area contributed by atoms with Crippen LogP contribution in [0.15, 0.2) is 48.5 Å². The molecule has 154 valence electrons. The third-order valence-corrected chi connectivity index (χ3v) is 6.44. The molecule has 4 rings (SSSR count). The summed E-state index contributed by atoms with van der Waals surface area (Å²) in [5.74, 6) is 0.137. The van der Waals surface area contributed by atoms with Gasteiger partial charge in [0.05, 0.1) is 16.6 Å². The molecule has 2 heterocycles. The Hall–Kier alpha value is -1.59. The molecule has 2 aromatic rings. The van der Waals surface area contributed by atoms with Gasteiger partial charge in [-0.3, -0.25) is 4.79 Å². The van der Waals surface area contributed by atoms with Crippen LogP contribution in [0.5, 0.6) is 0 Å². The fourth-order valence-corrected chi connectivity index (χ4v) is 4.42. The lowest BCUT2D eigenvalue weighted by atomic mass is 9.84. The van der Waals surface area contributed by atoms with E-state index in [2.05, 4.69) is 0 Å². The normalized spacial score (nSPS) is 25.2.